The van der Waals surface area contributed by atoms with Gasteiger partial charge in [-0.3, -0.25) is 0 Å². The molecule has 1 aromatic heterocycles. The Hall–Kier alpha value is -2.12. The Bertz CT molecular complexity index is 687. The monoisotopic (exact) mass is 351 g/mol. The predicted octanol–water partition coefficient (Wildman–Crippen LogP) is 2.56. The molecule has 0 spiro atoms. The summed E-state index contributed by atoms with van der Waals surface area (Å²) in [6, 6.07) is 6.06. The van der Waals surface area contributed by atoms with Gasteiger partial charge in [0.05, 0.1) is 13.1 Å². The Kier molecular flexibility index (Phi) is 6.16. The molecule has 0 saturated carbocycles. The van der Waals surface area contributed by atoms with Gasteiger partial charge in [-0.15, -0.1) is 0 Å². The van der Waals surface area contributed by atoms with Crippen LogP contribution in [-0.2, 0) is 12.1 Å². The zero-order valence-corrected chi connectivity index (χ0v) is 14.5. The molecule has 2 aromatic rings. The van der Waals surface area contributed by atoms with Gasteiger partial charge in [-0.25, -0.2) is 9.38 Å². The Morgan fingerprint density at radius 3 is 2.75 bits per heavy atom. The van der Waals surface area contributed by atoms with Crippen LogP contribution in [0.15, 0.2) is 40.0 Å². The molecule has 1 atom stereocenters. The van der Waals surface area contributed by atoms with E-state index in [2.05, 4.69) is 15.6 Å². The molecular weight excluding hydrogens is 329 g/mol. The van der Waals surface area contributed by atoms with Gasteiger partial charge >= 0.3 is 0 Å². The second-order valence-electron chi connectivity index (χ2n) is 5.62. The van der Waals surface area contributed by atoms with E-state index in [9.17, 15) is 14.6 Å². The highest BCUT2D eigenvalue weighted by Gasteiger charge is 2.23. The van der Waals surface area contributed by atoms with Crippen LogP contribution in [0.2, 0.25) is 0 Å². The van der Waals surface area contributed by atoms with Crippen LogP contribution in [0, 0.1) is 5.82 Å². The molecule has 7 heteroatoms. The van der Waals surface area contributed by atoms with Gasteiger partial charge in [0.15, 0.2) is 17.5 Å². The first-order valence-corrected chi connectivity index (χ1v) is 8.61. The predicted molar refractivity (Wildman–Crippen MR) is 94.8 cm³/mol. The van der Waals surface area contributed by atoms with Gasteiger partial charge in [0.25, 0.3) is 0 Å². The van der Waals surface area contributed by atoms with E-state index in [4.69, 9.17) is 0 Å². The van der Waals surface area contributed by atoms with Gasteiger partial charge in [0.1, 0.15) is 5.60 Å². The first-order valence-electron chi connectivity index (χ1n) is 7.67. The number of guanidine groups is 1. The van der Waals surface area contributed by atoms with Crippen molar-refractivity contribution in [3.8, 4) is 5.75 Å². The van der Waals surface area contributed by atoms with Crippen molar-refractivity contribution in [3.63, 3.8) is 0 Å². The Labute approximate surface area is 144 Å². The molecule has 0 radical (unpaired) electrons. The van der Waals surface area contributed by atoms with Crippen molar-refractivity contribution in [2.45, 2.75) is 26.0 Å². The van der Waals surface area contributed by atoms with E-state index in [1.54, 1.807) is 13.0 Å². The highest BCUT2D eigenvalue weighted by molar-refractivity contribution is 7.08. The van der Waals surface area contributed by atoms with E-state index < -0.39 is 11.4 Å². The third-order valence-corrected chi connectivity index (χ3v) is 4.20. The molecule has 0 amide bonds. The number of phenolic OH excluding ortho intramolecular Hbond substituents is 1. The van der Waals surface area contributed by atoms with Gasteiger partial charge < -0.3 is 20.8 Å². The van der Waals surface area contributed by atoms with Crippen molar-refractivity contribution < 1.29 is 14.6 Å². The largest absolute Gasteiger partial charge is 0.505 e. The van der Waals surface area contributed by atoms with Crippen molar-refractivity contribution in [1.82, 2.24) is 10.6 Å². The summed E-state index contributed by atoms with van der Waals surface area (Å²) in [5, 5.41) is 29.7. The third-order valence-electron chi connectivity index (χ3n) is 3.52. The molecule has 0 aliphatic carbocycles. The fraction of sp³-hybridized carbons (Fsp3) is 0.353. The molecule has 0 aliphatic rings. The molecule has 24 heavy (non-hydrogen) atoms. The number of nitrogens with one attached hydrogen (secondary N) is 2. The quantitative estimate of drug-likeness (QED) is 0.477. The van der Waals surface area contributed by atoms with E-state index in [1.165, 1.54) is 23.5 Å². The summed E-state index contributed by atoms with van der Waals surface area (Å²) in [7, 11) is 0. The van der Waals surface area contributed by atoms with Crippen LogP contribution in [0.25, 0.3) is 0 Å². The molecule has 1 unspecified atom stereocenters. The molecular formula is C17H22FN3O2S. The Morgan fingerprint density at radius 2 is 2.12 bits per heavy atom. The minimum absolute atomic E-state index is 0.257. The summed E-state index contributed by atoms with van der Waals surface area (Å²) in [4.78, 5) is 4.38. The number of hydrogen-bond donors (Lipinski definition) is 4. The van der Waals surface area contributed by atoms with Crippen molar-refractivity contribution >= 4 is 17.3 Å². The lowest BCUT2D eigenvalue weighted by Gasteiger charge is -2.24. The van der Waals surface area contributed by atoms with E-state index in [-0.39, 0.29) is 12.3 Å². The molecule has 2 rings (SSSR count). The van der Waals surface area contributed by atoms with Crippen LogP contribution in [0.3, 0.4) is 0 Å². The summed E-state index contributed by atoms with van der Waals surface area (Å²) in [6.45, 7) is 4.89. The fourth-order valence-corrected chi connectivity index (χ4v) is 2.87. The maximum Gasteiger partial charge on any atom is 0.191 e. The normalized spacial score (nSPS) is 14.2. The average molecular weight is 351 g/mol. The van der Waals surface area contributed by atoms with E-state index in [1.807, 2.05) is 23.8 Å². The second-order valence-corrected chi connectivity index (χ2v) is 6.40. The van der Waals surface area contributed by atoms with Gasteiger partial charge in [0.2, 0.25) is 0 Å². The number of nitrogens with zero attached hydrogens (tertiary/aromatic N) is 1. The standard InChI is InChI=1S/C17H22FN3O2S/c1-3-19-16(20-9-12-4-5-15(22)14(18)8-12)21-11-17(2,23)13-6-7-24-10-13/h4-8,10,22-23H,3,9,11H2,1-2H3,(H2,19,20,21). The number of benzene rings is 1. The van der Waals surface area contributed by atoms with Crippen LogP contribution < -0.4 is 10.6 Å². The van der Waals surface area contributed by atoms with Crippen LogP contribution in [-0.4, -0.2) is 29.3 Å². The lowest BCUT2D eigenvalue weighted by atomic mass is 9.99. The van der Waals surface area contributed by atoms with Crippen molar-refractivity contribution in [1.29, 1.82) is 0 Å². The van der Waals surface area contributed by atoms with E-state index >= 15 is 0 Å². The highest BCUT2D eigenvalue weighted by atomic mass is 32.1. The molecule has 1 aromatic carbocycles. The fourth-order valence-electron chi connectivity index (χ4n) is 2.09. The van der Waals surface area contributed by atoms with Crippen LogP contribution in [0.5, 0.6) is 5.75 Å². The zero-order valence-electron chi connectivity index (χ0n) is 13.7. The van der Waals surface area contributed by atoms with Crippen LogP contribution >= 0.6 is 11.3 Å². The maximum absolute atomic E-state index is 13.4. The number of aromatic hydroxyl groups is 1. The van der Waals surface area contributed by atoms with Crippen molar-refractivity contribution in [2.75, 3.05) is 13.1 Å². The smallest absolute Gasteiger partial charge is 0.191 e. The Morgan fingerprint density at radius 1 is 1.33 bits per heavy atom. The number of aliphatic hydroxyl groups is 1. The number of hydrogen-bond acceptors (Lipinski definition) is 4. The van der Waals surface area contributed by atoms with Gasteiger partial charge in [0, 0.05) is 6.54 Å². The molecule has 0 bridgehead atoms. The van der Waals surface area contributed by atoms with Crippen molar-refractivity contribution in [2.24, 2.45) is 4.99 Å². The number of rotatable bonds is 6. The summed E-state index contributed by atoms with van der Waals surface area (Å²) >= 11 is 1.53. The maximum atomic E-state index is 13.4. The van der Waals surface area contributed by atoms with E-state index in [0.717, 1.165) is 5.56 Å². The second kappa shape index (κ2) is 8.12. The van der Waals surface area contributed by atoms with Gasteiger partial charge in [-0.2, -0.15) is 11.3 Å². The highest BCUT2D eigenvalue weighted by Crippen LogP contribution is 2.22. The number of halogens is 1. The van der Waals surface area contributed by atoms with Crippen molar-refractivity contribution in [3.05, 3.63) is 52.0 Å². The molecule has 4 N–H and O–H groups in total. The first-order chi connectivity index (χ1) is 11.4. The molecule has 0 saturated heterocycles. The summed E-state index contributed by atoms with van der Waals surface area (Å²) in [5.74, 6) is -0.512. The first kappa shape index (κ1) is 18.2. The lowest BCUT2D eigenvalue weighted by molar-refractivity contribution is 0.0621. The minimum Gasteiger partial charge on any atom is -0.505 e. The van der Waals surface area contributed by atoms with E-state index in [0.29, 0.717) is 24.6 Å². The lowest BCUT2D eigenvalue weighted by Crippen LogP contribution is -2.44. The van der Waals surface area contributed by atoms with Gasteiger partial charge in [-0.05, 0) is 53.9 Å². The van der Waals surface area contributed by atoms with Crippen LogP contribution in [0.4, 0.5) is 4.39 Å². The number of thiophene rings is 1. The minimum atomic E-state index is -1.01. The molecule has 0 aliphatic heterocycles. The number of aliphatic imine (C=N–C) groups is 1. The third kappa shape index (κ3) is 4.94. The molecule has 130 valence electrons. The molecule has 5 nitrogen and oxygen atoms in total. The summed E-state index contributed by atoms with van der Waals surface area (Å²) in [6.07, 6.45) is 0. The molecule has 0 fully saturated rings. The topological polar surface area (TPSA) is 76.9 Å². The Balaban J connectivity index is 2.01. The SMILES string of the molecule is CCNC(=NCc1ccc(O)c(F)c1)NCC(C)(O)c1ccsc1. The zero-order chi connectivity index (χ0) is 17.6. The molecule has 1 heterocycles. The summed E-state index contributed by atoms with van der Waals surface area (Å²) in [5.41, 5.74) is 0.476. The summed E-state index contributed by atoms with van der Waals surface area (Å²) < 4.78 is 13.4. The van der Waals surface area contributed by atoms with Crippen LogP contribution in [0.1, 0.15) is 25.0 Å². The average Bonchev–Trinajstić information content (AvgIpc) is 3.09. The van der Waals surface area contributed by atoms with Gasteiger partial charge in [-0.1, -0.05) is 6.07 Å². The number of phenols is 1.